The van der Waals surface area contributed by atoms with Gasteiger partial charge in [0.1, 0.15) is 5.60 Å². The molecule has 4 N–H and O–H groups in total. The summed E-state index contributed by atoms with van der Waals surface area (Å²) in [4.78, 5) is 28.2. The molecule has 122 valence electrons. The van der Waals surface area contributed by atoms with Gasteiger partial charge in [-0.05, 0) is 0 Å². The van der Waals surface area contributed by atoms with Crippen molar-refractivity contribution in [2.24, 2.45) is 5.73 Å². The van der Waals surface area contributed by atoms with Crippen LogP contribution in [0.15, 0.2) is 17.0 Å². The summed E-state index contributed by atoms with van der Waals surface area (Å²) >= 11 is 0. The number of rotatable bonds is 6. The molecule has 1 aliphatic heterocycles. The van der Waals surface area contributed by atoms with E-state index in [9.17, 15) is 14.7 Å². The van der Waals surface area contributed by atoms with Crippen molar-refractivity contribution in [3.8, 4) is 0 Å². The van der Waals surface area contributed by atoms with Crippen LogP contribution in [0.2, 0.25) is 0 Å². The number of oxazole rings is 1. The molecule has 1 aliphatic rings. The van der Waals surface area contributed by atoms with Crippen LogP contribution in [0.4, 0.5) is 0 Å². The fourth-order valence-corrected chi connectivity index (χ4v) is 2.22. The Morgan fingerprint density at radius 1 is 1.55 bits per heavy atom. The molecular formula is C13H20N4O5. The Morgan fingerprint density at radius 2 is 2.36 bits per heavy atom. The van der Waals surface area contributed by atoms with E-state index in [0.717, 1.165) is 6.39 Å². The Balaban J connectivity index is 1.89. The van der Waals surface area contributed by atoms with Crippen LogP contribution in [0.1, 0.15) is 17.0 Å². The minimum absolute atomic E-state index is 0.000392. The molecule has 2 heterocycles. The average Bonchev–Trinajstić information content (AvgIpc) is 2.94. The van der Waals surface area contributed by atoms with Crippen LogP contribution < -0.4 is 11.1 Å². The van der Waals surface area contributed by atoms with Crippen LogP contribution in [-0.4, -0.2) is 71.8 Å². The molecule has 0 spiro atoms. The topological polar surface area (TPSA) is 131 Å². The van der Waals surface area contributed by atoms with E-state index in [4.69, 9.17) is 14.9 Å². The first-order chi connectivity index (χ1) is 10.5. The predicted molar refractivity (Wildman–Crippen MR) is 74.9 cm³/mol. The number of nitrogens with two attached hydrogens (primary N) is 1. The summed E-state index contributed by atoms with van der Waals surface area (Å²) in [6.45, 7) is 1.84. The lowest BCUT2D eigenvalue weighted by atomic mass is 10.0. The smallest absolute Gasteiger partial charge is 0.288 e. The standard InChI is InChI=1S/C13H20N4O5/c14-11(18)1-2-17-3-4-21-8-13(20,7-17)6-16-12(19)10-5-15-9-22-10/h5,9,20H,1-4,6-8H2,(H2,14,18)(H,16,19)/t13-/m1/s1. The van der Waals surface area contributed by atoms with Crippen molar-refractivity contribution in [2.45, 2.75) is 12.0 Å². The molecule has 0 unspecified atom stereocenters. The highest BCUT2D eigenvalue weighted by Gasteiger charge is 2.33. The number of nitrogens with zero attached hydrogens (tertiary/aromatic N) is 2. The summed E-state index contributed by atoms with van der Waals surface area (Å²) in [5.41, 5.74) is 3.89. The van der Waals surface area contributed by atoms with Crippen LogP contribution in [0.5, 0.6) is 0 Å². The first-order valence-electron chi connectivity index (χ1n) is 6.96. The van der Waals surface area contributed by atoms with E-state index < -0.39 is 17.4 Å². The molecule has 22 heavy (non-hydrogen) atoms. The number of aliphatic hydroxyl groups is 1. The SMILES string of the molecule is NC(=O)CCN1CCOC[C@@](O)(CNC(=O)c2cnco2)C1. The Morgan fingerprint density at radius 3 is 3.05 bits per heavy atom. The van der Waals surface area contributed by atoms with Crippen LogP contribution in [0, 0.1) is 0 Å². The van der Waals surface area contributed by atoms with Gasteiger partial charge in [-0.15, -0.1) is 0 Å². The van der Waals surface area contributed by atoms with Crippen LogP contribution in [0.3, 0.4) is 0 Å². The largest absolute Gasteiger partial charge is 0.438 e. The number of hydrogen-bond acceptors (Lipinski definition) is 7. The Labute approximate surface area is 127 Å². The molecule has 1 saturated heterocycles. The van der Waals surface area contributed by atoms with Gasteiger partial charge in [-0.25, -0.2) is 4.98 Å². The minimum Gasteiger partial charge on any atom is -0.438 e. The second-order valence-corrected chi connectivity index (χ2v) is 5.32. The van der Waals surface area contributed by atoms with E-state index in [0.29, 0.717) is 19.7 Å². The molecule has 0 aliphatic carbocycles. The summed E-state index contributed by atoms with van der Waals surface area (Å²) in [5, 5.41) is 13.2. The summed E-state index contributed by atoms with van der Waals surface area (Å²) in [7, 11) is 0. The fraction of sp³-hybridized carbons (Fsp3) is 0.615. The van der Waals surface area contributed by atoms with Crippen LogP contribution >= 0.6 is 0 Å². The zero-order valence-electron chi connectivity index (χ0n) is 12.2. The summed E-state index contributed by atoms with van der Waals surface area (Å²) < 4.78 is 10.3. The number of hydrogen-bond donors (Lipinski definition) is 3. The number of amides is 2. The molecule has 2 rings (SSSR count). The number of β-amino-alcohol motifs (C(OH)–C–C–N with tert-alkyl or cyclic N) is 1. The zero-order valence-corrected chi connectivity index (χ0v) is 12.2. The summed E-state index contributed by atoms with van der Waals surface area (Å²) in [5.74, 6) is -0.782. The third kappa shape index (κ3) is 4.79. The number of primary amides is 1. The maximum absolute atomic E-state index is 11.8. The highest BCUT2D eigenvalue weighted by Crippen LogP contribution is 2.12. The van der Waals surface area contributed by atoms with Gasteiger partial charge in [0.25, 0.3) is 5.91 Å². The van der Waals surface area contributed by atoms with Gasteiger partial charge >= 0.3 is 0 Å². The van der Waals surface area contributed by atoms with Gasteiger partial charge in [0.05, 0.1) is 26.0 Å². The van der Waals surface area contributed by atoms with Gasteiger partial charge in [0.15, 0.2) is 6.39 Å². The Kier molecular flexibility index (Phi) is 5.47. The molecule has 9 heteroatoms. The van der Waals surface area contributed by atoms with Gasteiger partial charge in [-0.1, -0.05) is 0 Å². The van der Waals surface area contributed by atoms with Crippen molar-refractivity contribution in [3.63, 3.8) is 0 Å². The second-order valence-electron chi connectivity index (χ2n) is 5.32. The van der Waals surface area contributed by atoms with Gasteiger partial charge in [0, 0.05) is 26.1 Å². The fourth-order valence-electron chi connectivity index (χ4n) is 2.22. The quantitative estimate of drug-likeness (QED) is 0.573. The van der Waals surface area contributed by atoms with E-state index in [1.54, 1.807) is 0 Å². The molecule has 0 aromatic carbocycles. The molecular weight excluding hydrogens is 292 g/mol. The average molecular weight is 312 g/mol. The highest BCUT2D eigenvalue weighted by molar-refractivity contribution is 5.91. The van der Waals surface area contributed by atoms with E-state index in [2.05, 4.69) is 10.3 Å². The molecule has 1 fully saturated rings. The van der Waals surface area contributed by atoms with Gasteiger partial charge in [-0.3, -0.25) is 14.5 Å². The lowest BCUT2D eigenvalue weighted by Gasteiger charge is -2.30. The van der Waals surface area contributed by atoms with E-state index in [1.165, 1.54) is 6.20 Å². The third-order valence-corrected chi connectivity index (χ3v) is 3.35. The third-order valence-electron chi connectivity index (χ3n) is 3.35. The van der Waals surface area contributed by atoms with E-state index >= 15 is 0 Å². The normalized spacial score (nSPS) is 23.0. The number of ether oxygens (including phenoxy) is 1. The number of carbonyl (C=O) groups excluding carboxylic acids is 2. The molecule has 9 nitrogen and oxygen atoms in total. The van der Waals surface area contributed by atoms with Crippen molar-refractivity contribution in [3.05, 3.63) is 18.4 Å². The molecule has 1 atom stereocenters. The number of carbonyl (C=O) groups is 2. The van der Waals surface area contributed by atoms with Crippen molar-refractivity contribution in [1.29, 1.82) is 0 Å². The van der Waals surface area contributed by atoms with Crippen molar-refractivity contribution < 1.29 is 23.8 Å². The predicted octanol–water partition coefficient (Wildman–Crippen LogP) is -1.66. The van der Waals surface area contributed by atoms with Crippen molar-refractivity contribution in [2.75, 3.05) is 39.4 Å². The van der Waals surface area contributed by atoms with Crippen molar-refractivity contribution in [1.82, 2.24) is 15.2 Å². The van der Waals surface area contributed by atoms with Gasteiger partial charge < -0.3 is 25.3 Å². The Bertz CT molecular complexity index is 507. The first-order valence-corrected chi connectivity index (χ1v) is 6.96. The monoisotopic (exact) mass is 312 g/mol. The first kappa shape index (κ1) is 16.4. The van der Waals surface area contributed by atoms with Gasteiger partial charge in [0.2, 0.25) is 11.7 Å². The van der Waals surface area contributed by atoms with Gasteiger partial charge in [-0.2, -0.15) is 0 Å². The maximum Gasteiger partial charge on any atom is 0.288 e. The molecule has 0 saturated carbocycles. The molecule has 0 bridgehead atoms. The van der Waals surface area contributed by atoms with Crippen LogP contribution in [0.25, 0.3) is 0 Å². The lowest BCUT2D eigenvalue weighted by Crippen LogP contribution is -2.52. The molecule has 0 radical (unpaired) electrons. The number of nitrogens with one attached hydrogen (secondary N) is 1. The number of aromatic nitrogens is 1. The Hall–Kier alpha value is -1.97. The summed E-state index contributed by atoms with van der Waals surface area (Å²) in [6, 6.07) is 0. The van der Waals surface area contributed by atoms with Crippen LogP contribution in [-0.2, 0) is 9.53 Å². The molecule has 1 aromatic rings. The lowest BCUT2D eigenvalue weighted by molar-refractivity contribution is -0.118. The van der Waals surface area contributed by atoms with E-state index in [-0.39, 0.29) is 31.9 Å². The van der Waals surface area contributed by atoms with E-state index in [1.807, 2.05) is 4.90 Å². The summed E-state index contributed by atoms with van der Waals surface area (Å²) in [6.07, 6.45) is 2.66. The molecule has 2 amide bonds. The zero-order chi connectivity index (χ0) is 16.0. The molecule has 1 aromatic heterocycles. The maximum atomic E-state index is 11.8. The van der Waals surface area contributed by atoms with Crippen molar-refractivity contribution >= 4 is 11.8 Å². The second kappa shape index (κ2) is 7.34. The minimum atomic E-state index is -1.25. The highest BCUT2D eigenvalue weighted by atomic mass is 16.5.